The van der Waals surface area contributed by atoms with E-state index in [9.17, 15) is 4.79 Å². The van der Waals surface area contributed by atoms with E-state index in [1.807, 2.05) is 0 Å². The topological polar surface area (TPSA) is 23.6 Å². The zero-order valence-corrected chi connectivity index (χ0v) is 12.4. The molecule has 1 saturated carbocycles. The highest BCUT2D eigenvalue weighted by molar-refractivity contribution is 5.87. The lowest BCUT2D eigenvalue weighted by molar-refractivity contribution is -0.135. The molecule has 18 heavy (non-hydrogen) atoms. The Bertz CT molecular complexity index is 314. The van der Waals surface area contributed by atoms with Gasteiger partial charge in [-0.25, -0.2) is 0 Å². The third-order valence-electron chi connectivity index (χ3n) is 4.82. The van der Waals surface area contributed by atoms with Gasteiger partial charge in [-0.15, -0.1) is 0 Å². The number of hydrogen-bond acceptors (Lipinski definition) is 3. The van der Waals surface area contributed by atoms with Crippen LogP contribution in [0.1, 0.15) is 40.0 Å². The van der Waals surface area contributed by atoms with Gasteiger partial charge in [0.1, 0.15) is 5.78 Å². The third-order valence-corrected chi connectivity index (χ3v) is 4.82. The maximum atomic E-state index is 12.5. The molecule has 0 aromatic carbocycles. The zero-order chi connectivity index (χ0) is 13.3. The first-order valence-electron chi connectivity index (χ1n) is 7.37. The number of likely N-dealkylation sites (N-methyl/N-ethyl adjacent to an activating group) is 1. The first-order valence-corrected chi connectivity index (χ1v) is 7.37. The summed E-state index contributed by atoms with van der Waals surface area (Å²) in [4.78, 5) is 17.4. The Hall–Kier alpha value is -0.410. The van der Waals surface area contributed by atoms with Crippen LogP contribution < -0.4 is 0 Å². The Balaban J connectivity index is 1.95. The Morgan fingerprint density at radius 1 is 1.33 bits per heavy atom. The number of piperazine rings is 1. The summed E-state index contributed by atoms with van der Waals surface area (Å²) in [6, 6.07) is 0.585. The molecule has 3 heteroatoms. The second-order valence-electron chi connectivity index (χ2n) is 6.94. The van der Waals surface area contributed by atoms with Gasteiger partial charge in [0.25, 0.3) is 0 Å². The fourth-order valence-corrected chi connectivity index (χ4v) is 3.50. The van der Waals surface area contributed by atoms with Gasteiger partial charge < -0.3 is 4.90 Å². The summed E-state index contributed by atoms with van der Waals surface area (Å²) >= 11 is 0. The molecule has 0 aromatic heterocycles. The number of rotatable bonds is 2. The Morgan fingerprint density at radius 2 is 2.06 bits per heavy atom. The summed E-state index contributed by atoms with van der Waals surface area (Å²) in [6.45, 7) is 10.9. The largest absolute Gasteiger partial charge is 0.304 e. The van der Waals surface area contributed by atoms with E-state index in [1.54, 1.807) is 0 Å². The number of carbonyl (C=O) groups is 1. The van der Waals surface area contributed by atoms with Crippen LogP contribution in [0, 0.1) is 11.3 Å². The fourth-order valence-electron chi connectivity index (χ4n) is 3.50. The molecular formula is C15H28N2O. The molecule has 104 valence electrons. The summed E-state index contributed by atoms with van der Waals surface area (Å²) in [7, 11) is 2.18. The van der Waals surface area contributed by atoms with Crippen molar-refractivity contribution in [2.45, 2.75) is 46.1 Å². The summed E-state index contributed by atoms with van der Waals surface area (Å²) in [5.41, 5.74) is -0.0846. The fraction of sp³-hybridized carbons (Fsp3) is 0.933. The number of hydrogen-bond donors (Lipinski definition) is 0. The van der Waals surface area contributed by atoms with E-state index < -0.39 is 0 Å². The maximum absolute atomic E-state index is 12.5. The molecule has 3 nitrogen and oxygen atoms in total. The standard InChI is InChI=1S/C15H28N2O/c1-12-10-16(4)8-9-17(12)11-13-6-5-7-15(2,3)14(13)18/h12-13H,5-11H2,1-4H3. The molecule has 2 fully saturated rings. The Labute approximate surface area is 112 Å². The molecule has 0 N–H and O–H groups in total. The Kier molecular flexibility index (Phi) is 4.12. The average molecular weight is 252 g/mol. The molecule has 1 aliphatic heterocycles. The van der Waals surface area contributed by atoms with Gasteiger partial charge in [0.2, 0.25) is 0 Å². The molecule has 0 spiro atoms. The predicted molar refractivity (Wildman–Crippen MR) is 74.7 cm³/mol. The van der Waals surface area contributed by atoms with Crippen molar-refractivity contribution < 1.29 is 4.79 Å². The van der Waals surface area contributed by atoms with Gasteiger partial charge in [-0.3, -0.25) is 9.69 Å². The molecule has 1 heterocycles. The van der Waals surface area contributed by atoms with E-state index >= 15 is 0 Å². The predicted octanol–water partition coefficient (Wildman–Crippen LogP) is 2.02. The lowest BCUT2D eigenvalue weighted by Gasteiger charge is -2.42. The molecule has 0 bridgehead atoms. The van der Waals surface area contributed by atoms with Crippen molar-refractivity contribution in [2.75, 3.05) is 33.2 Å². The quantitative estimate of drug-likeness (QED) is 0.751. The van der Waals surface area contributed by atoms with Crippen LogP contribution in [0.4, 0.5) is 0 Å². The molecule has 0 amide bonds. The normalized spacial score (nSPS) is 34.8. The van der Waals surface area contributed by atoms with Crippen LogP contribution in [0.15, 0.2) is 0 Å². The summed E-state index contributed by atoms with van der Waals surface area (Å²) < 4.78 is 0. The van der Waals surface area contributed by atoms with Crippen LogP contribution in [0.25, 0.3) is 0 Å². The van der Waals surface area contributed by atoms with Gasteiger partial charge in [-0.2, -0.15) is 0 Å². The maximum Gasteiger partial charge on any atom is 0.142 e. The second kappa shape index (κ2) is 5.30. The van der Waals surface area contributed by atoms with Crippen molar-refractivity contribution in [3.8, 4) is 0 Å². The number of ketones is 1. The summed E-state index contributed by atoms with van der Waals surface area (Å²) in [5.74, 6) is 0.777. The van der Waals surface area contributed by atoms with E-state index in [4.69, 9.17) is 0 Å². The average Bonchev–Trinajstić information content (AvgIpc) is 2.28. The highest BCUT2D eigenvalue weighted by atomic mass is 16.1. The zero-order valence-electron chi connectivity index (χ0n) is 12.4. The molecule has 2 aliphatic rings. The van der Waals surface area contributed by atoms with Crippen molar-refractivity contribution >= 4 is 5.78 Å². The van der Waals surface area contributed by atoms with Crippen LogP contribution in [-0.2, 0) is 4.79 Å². The third kappa shape index (κ3) is 2.94. The summed E-state index contributed by atoms with van der Waals surface area (Å²) in [6.07, 6.45) is 3.38. The minimum absolute atomic E-state index is 0.0846. The highest BCUT2D eigenvalue weighted by Gasteiger charge is 2.38. The molecule has 2 atom stereocenters. The number of carbonyl (C=O) groups excluding carboxylic acids is 1. The smallest absolute Gasteiger partial charge is 0.142 e. The SMILES string of the molecule is CC1CN(C)CCN1CC1CCCC(C)(C)C1=O. The Morgan fingerprint density at radius 3 is 2.72 bits per heavy atom. The minimum Gasteiger partial charge on any atom is -0.304 e. The molecule has 0 radical (unpaired) electrons. The van der Waals surface area contributed by atoms with Crippen LogP contribution in [0.5, 0.6) is 0 Å². The number of nitrogens with zero attached hydrogens (tertiary/aromatic N) is 2. The second-order valence-corrected chi connectivity index (χ2v) is 6.94. The first-order chi connectivity index (χ1) is 8.40. The van der Waals surface area contributed by atoms with Crippen molar-refractivity contribution in [3.63, 3.8) is 0 Å². The van der Waals surface area contributed by atoms with Gasteiger partial charge in [-0.1, -0.05) is 20.3 Å². The van der Waals surface area contributed by atoms with Gasteiger partial charge in [-0.05, 0) is 26.8 Å². The highest BCUT2D eigenvalue weighted by Crippen LogP contribution is 2.36. The van der Waals surface area contributed by atoms with E-state index in [-0.39, 0.29) is 11.3 Å². The van der Waals surface area contributed by atoms with E-state index in [0.29, 0.717) is 11.8 Å². The lowest BCUT2D eigenvalue weighted by Crippen LogP contribution is -2.53. The van der Waals surface area contributed by atoms with Crippen molar-refractivity contribution in [1.82, 2.24) is 9.80 Å². The van der Waals surface area contributed by atoms with E-state index in [1.165, 1.54) is 6.42 Å². The van der Waals surface area contributed by atoms with Gasteiger partial charge in [0.15, 0.2) is 0 Å². The first kappa shape index (κ1) is 14.0. The van der Waals surface area contributed by atoms with Crippen molar-refractivity contribution in [2.24, 2.45) is 11.3 Å². The van der Waals surface area contributed by atoms with Crippen LogP contribution >= 0.6 is 0 Å². The van der Waals surface area contributed by atoms with Crippen LogP contribution in [-0.4, -0.2) is 54.9 Å². The molecule has 2 rings (SSSR count). The number of Topliss-reactive ketones (excluding diaryl/α,β-unsaturated/α-hetero) is 1. The lowest BCUT2D eigenvalue weighted by atomic mass is 9.71. The molecule has 2 unspecified atom stereocenters. The van der Waals surface area contributed by atoms with Crippen LogP contribution in [0.2, 0.25) is 0 Å². The molecule has 1 aliphatic carbocycles. The van der Waals surface area contributed by atoms with E-state index in [2.05, 4.69) is 37.6 Å². The van der Waals surface area contributed by atoms with Crippen LogP contribution in [0.3, 0.4) is 0 Å². The molecule has 1 saturated heterocycles. The van der Waals surface area contributed by atoms with E-state index in [0.717, 1.165) is 39.0 Å². The van der Waals surface area contributed by atoms with Gasteiger partial charge in [0, 0.05) is 43.6 Å². The molecule has 0 aromatic rings. The molecular weight excluding hydrogens is 224 g/mol. The minimum atomic E-state index is -0.0846. The summed E-state index contributed by atoms with van der Waals surface area (Å²) in [5, 5.41) is 0. The van der Waals surface area contributed by atoms with Gasteiger partial charge >= 0.3 is 0 Å². The monoisotopic (exact) mass is 252 g/mol. The van der Waals surface area contributed by atoms with Crippen molar-refractivity contribution in [3.05, 3.63) is 0 Å². The van der Waals surface area contributed by atoms with Crippen molar-refractivity contribution in [1.29, 1.82) is 0 Å². The van der Waals surface area contributed by atoms with Gasteiger partial charge in [0.05, 0.1) is 0 Å².